The summed E-state index contributed by atoms with van der Waals surface area (Å²) in [6.45, 7) is 5.29. The fourth-order valence-electron chi connectivity index (χ4n) is 2.65. The summed E-state index contributed by atoms with van der Waals surface area (Å²) in [6, 6.07) is 9.70. The molecular weight excluding hydrogens is 436 g/mol. The number of benzene rings is 1. The van der Waals surface area contributed by atoms with Crippen molar-refractivity contribution in [3.8, 4) is 10.6 Å². The first kappa shape index (κ1) is 20.9. The van der Waals surface area contributed by atoms with E-state index < -0.39 is 0 Å². The van der Waals surface area contributed by atoms with Crippen molar-refractivity contribution in [1.82, 2.24) is 34.8 Å². The third-order valence-corrected chi connectivity index (χ3v) is 5.76. The van der Waals surface area contributed by atoms with Crippen molar-refractivity contribution >= 4 is 51.8 Å². The van der Waals surface area contributed by atoms with E-state index in [1.165, 1.54) is 23.1 Å². The first-order valence-electron chi connectivity index (χ1n) is 9.60. The zero-order chi connectivity index (χ0) is 21.6. The van der Waals surface area contributed by atoms with Crippen LogP contribution in [0, 0.1) is 0 Å². The van der Waals surface area contributed by atoms with E-state index in [1.807, 2.05) is 44.2 Å². The van der Waals surface area contributed by atoms with E-state index in [4.69, 9.17) is 0 Å². The summed E-state index contributed by atoms with van der Waals surface area (Å²) in [4.78, 5) is 21.2. The van der Waals surface area contributed by atoms with E-state index in [9.17, 15) is 4.79 Å². The number of carbonyl (C=O) groups excluding carboxylic acids is 1. The van der Waals surface area contributed by atoms with Gasteiger partial charge in [-0.1, -0.05) is 53.4 Å². The van der Waals surface area contributed by atoms with E-state index in [0.29, 0.717) is 41.1 Å². The molecule has 0 radical (unpaired) electrons. The van der Waals surface area contributed by atoms with E-state index in [1.54, 1.807) is 4.40 Å². The molecule has 0 unspecified atom stereocenters. The van der Waals surface area contributed by atoms with Gasteiger partial charge in [0.25, 0.3) is 5.78 Å². The van der Waals surface area contributed by atoms with E-state index in [-0.39, 0.29) is 11.7 Å². The number of anilines is 3. The van der Waals surface area contributed by atoms with Crippen molar-refractivity contribution < 1.29 is 4.79 Å². The van der Waals surface area contributed by atoms with Crippen LogP contribution in [-0.4, -0.2) is 59.5 Å². The van der Waals surface area contributed by atoms with Crippen molar-refractivity contribution in [2.45, 2.75) is 19.0 Å². The Hall–Kier alpha value is -3.32. The molecule has 160 valence electrons. The number of aromatic nitrogens is 7. The van der Waals surface area contributed by atoms with E-state index >= 15 is 0 Å². The summed E-state index contributed by atoms with van der Waals surface area (Å²) in [5.74, 6) is 1.35. The molecule has 0 atom stereocenters. The number of hydrogen-bond donors (Lipinski definition) is 3. The van der Waals surface area contributed by atoms with Crippen LogP contribution in [0.5, 0.6) is 0 Å². The van der Waals surface area contributed by atoms with Gasteiger partial charge >= 0.3 is 0 Å². The number of fused-ring (bicyclic) bond motifs is 1. The summed E-state index contributed by atoms with van der Waals surface area (Å²) in [5, 5.41) is 27.2. The van der Waals surface area contributed by atoms with Crippen LogP contribution in [0.4, 0.5) is 17.0 Å². The number of hydrogen-bond acceptors (Lipinski definition) is 11. The van der Waals surface area contributed by atoms with E-state index in [2.05, 4.69) is 46.3 Å². The molecule has 3 heterocycles. The second-order valence-electron chi connectivity index (χ2n) is 6.16. The van der Waals surface area contributed by atoms with Crippen molar-refractivity contribution in [3.63, 3.8) is 0 Å². The van der Waals surface area contributed by atoms with Gasteiger partial charge in [0, 0.05) is 18.7 Å². The Balaban J connectivity index is 1.44. The Morgan fingerprint density at radius 3 is 2.61 bits per heavy atom. The Kier molecular flexibility index (Phi) is 6.52. The molecule has 13 heteroatoms. The van der Waals surface area contributed by atoms with Gasteiger partial charge in [-0.25, -0.2) is 4.40 Å². The third-order valence-electron chi connectivity index (χ3n) is 3.94. The zero-order valence-electron chi connectivity index (χ0n) is 16.9. The lowest BCUT2D eigenvalue weighted by Crippen LogP contribution is -2.15. The van der Waals surface area contributed by atoms with Crippen molar-refractivity contribution in [3.05, 3.63) is 30.3 Å². The van der Waals surface area contributed by atoms with Gasteiger partial charge in [-0.2, -0.15) is 9.97 Å². The second-order valence-corrected chi connectivity index (χ2v) is 8.08. The van der Waals surface area contributed by atoms with Crippen LogP contribution >= 0.6 is 23.1 Å². The topological polar surface area (TPSA) is 135 Å². The van der Waals surface area contributed by atoms with Crippen LogP contribution < -0.4 is 16.0 Å². The maximum atomic E-state index is 12.4. The molecule has 0 aliphatic carbocycles. The number of nitrogens with one attached hydrogen (secondary N) is 3. The SMILES string of the molecule is CCNc1nc(NCC)n2c(SCC(=O)Nc3nnc(-c4ccccc4)s3)nnc2n1. The molecule has 0 spiro atoms. The lowest BCUT2D eigenvalue weighted by atomic mass is 10.2. The third kappa shape index (κ3) is 4.88. The Labute approximate surface area is 186 Å². The number of amides is 1. The smallest absolute Gasteiger partial charge is 0.261 e. The number of thioether (sulfide) groups is 1. The van der Waals surface area contributed by atoms with E-state index in [0.717, 1.165) is 10.6 Å². The van der Waals surface area contributed by atoms with Gasteiger partial charge < -0.3 is 10.6 Å². The minimum atomic E-state index is -0.215. The average Bonchev–Trinajstić information content (AvgIpc) is 3.40. The number of rotatable bonds is 9. The molecule has 1 aromatic carbocycles. The predicted octanol–water partition coefficient (Wildman–Crippen LogP) is 2.63. The van der Waals surface area contributed by atoms with Crippen LogP contribution in [-0.2, 0) is 4.79 Å². The molecule has 31 heavy (non-hydrogen) atoms. The average molecular weight is 457 g/mol. The van der Waals surface area contributed by atoms with Crippen LogP contribution in [0.2, 0.25) is 0 Å². The summed E-state index contributed by atoms with van der Waals surface area (Å²) >= 11 is 2.56. The maximum absolute atomic E-state index is 12.4. The molecule has 0 saturated carbocycles. The highest BCUT2D eigenvalue weighted by Crippen LogP contribution is 2.26. The predicted molar refractivity (Wildman–Crippen MR) is 122 cm³/mol. The highest BCUT2D eigenvalue weighted by Gasteiger charge is 2.16. The van der Waals surface area contributed by atoms with Gasteiger partial charge in [-0.3, -0.25) is 10.1 Å². The van der Waals surface area contributed by atoms with Crippen molar-refractivity contribution in [2.75, 3.05) is 34.8 Å². The molecule has 0 aliphatic heterocycles. The Morgan fingerprint density at radius 1 is 1.03 bits per heavy atom. The number of nitrogens with zero attached hydrogens (tertiary/aromatic N) is 7. The standard InChI is InChI=1S/C18H20N10OS2/c1-3-19-14-22-15(20-4-2)28-16(23-14)25-27-18(28)30-10-12(29)21-17-26-24-13(31-17)11-8-6-5-7-9-11/h5-9H,3-4,10H2,1-2H3,(H,21,26,29)(H2,19,20,22,23,25). The minimum Gasteiger partial charge on any atom is -0.355 e. The van der Waals surface area contributed by atoms with Crippen LogP contribution in [0.3, 0.4) is 0 Å². The molecule has 4 aromatic rings. The molecule has 0 saturated heterocycles. The van der Waals surface area contributed by atoms with Crippen molar-refractivity contribution in [1.29, 1.82) is 0 Å². The number of carbonyl (C=O) groups is 1. The summed E-state index contributed by atoms with van der Waals surface area (Å²) in [7, 11) is 0. The van der Waals surface area contributed by atoms with Crippen LogP contribution in [0.1, 0.15) is 13.8 Å². The van der Waals surface area contributed by atoms with Gasteiger partial charge in [0.15, 0.2) is 5.16 Å². The minimum absolute atomic E-state index is 0.127. The van der Waals surface area contributed by atoms with Crippen LogP contribution in [0.25, 0.3) is 16.3 Å². The van der Waals surface area contributed by atoms with Gasteiger partial charge in [-0.05, 0) is 13.8 Å². The molecule has 0 bridgehead atoms. The molecule has 3 aromatic heterocycles. The first-order valence-corrected chi connectivity index (χ1v) is 11.4. The highest BCUT2D eigenvalue weighted by atomic mass is 32.2. The fourth-order valence-corrected chi connectivity index (χ4v) is 4.15. The molecule has 11 nitrogen and oxygen atoms in total. The second kappa shape index (κ2) is 9.66. The molecule has 4 rings (SSSR count). The molecule has 1 amide bonds. The van der Waals surface area contributed by atoms with Gasteiger partial charge in [-0.15, -0.1) is 20.4 Å². The Morgan fingerprint density at radius 2 is 1.84 bits per heavy atom. The zero-order valence-corrected chi connectivity index (χ0v) is 18.5. The molecular formula is C18H20N10OS2. The van der Waals surface area contributed by atoms with Crippen molar-refractivity contribution in [2.24, 2.45) is 0 Å². The first-order chi connectivity index (χ1) is 15.2. The maximum Gasteiger partial charge on any atom is 0.261 e. The lowest BCUT2D eigenvalue weighted by Gasteiger charge is -2.09. The summed E-state index contributed by atoms with van der Waals surface area (Å²) in [6.07, 6.45) is 0. The monoisotopic (exact) mass is 456 g/mol. The molecule has 0 fully saturated rings. The Bertz CT molecular complexity index is 1180. The van der Waals surface area contributed by atoms with Gasteiger partial charge in [0.05, 0.1) is 5.75 Å². The van der Waals surface area contributed by atoms with Crippen LogP contribution in [0.15, 0.2) is 35.5 Å². The van der Waals surface area contributed by atoms with Gasteiger partial charge in [0.1, 0.15) is 5.01 Å². The lowest BCUT2D eigenvalue weighted by molar-refractivity contribution is -0.113. The largest absolute Gasteiger partial charge is 0.355 e. The summed E-state index contributed by atoms with van der Waals surface area (Å²) in [5.41, 5.74) is 0.956. The van der Waals surface area contributed by atoms with Gasteiger partial charge in [0.2, 0.25) is 22.9 Å². The summed E-state index contributed by atoms with van der Waals surface area (Å²) < 4.78 is 1.70. The quantitative estimate of drug-likeness (QED) is 0.323. The fraction of sp³-hybridized carbons (Fsp3) is 0.278. The highest BCUT2D eigenvalue weighted by molar-refractivity contribution is 7.99. The normalized spacial score (nSPS) is 10.9. The molecule has 3 N–H and O–H groups in total. The molecule has 0 aliphatic rings.